The summed E-state index contributed by atoms with van der Waals surface area (Å²) in [4.78, 5) is 0. The molecule has 0 aliphatic carbocycles. The van der Waals surface area contributed by atoms with Crippen molar-refractivity contribution in [2.75, 3.05) is 0 Å². The summed E-state index contributed by atoms with van der Waals surface area (Å²) in [5, 5.41) is 0. The summed E-state index contributed by atoms with van der Waals surface area (Å²) in [6, 6.07) is 0. The molecule has 0 saturated carbocycles. The number of rotatable bonds is 4. The minimum absolute atomic E-state index is 0. The van der Waals surface area contributed by atoms with Crippen LogP contribution < -0.4 is 21.9 Å². The molecule has 0 spiro atoms. The Balaban J connectivity index is 0.00000384. The third kappa shape index (κ3) is 4.60. The van der Waals surface area contributed by atoms with Gasteiger partial charge in [0.15, 0.2) is 69.8 Å². The first kappa shape index (κ1) is 36.8. The van der Waals surface area contributed by atoms with Gasteiger partial charge in [-0.25, -0.2) is 87.8 Å². The van der Waals surface area contributed by atoms with Gasteiger partial charge in [-0.1, -0.05) is 0 Å². The van der Waals surface area contributed by atoms with Crippen LogP contribution in [0.2, 0.25) is 0 Å². The monoisotopic (exact) mass is 705 g/mol. The Labute approximate surface area is 258 Å². The normalized spacial score (nSPS) is 11.7. The van der Waals surface area contributed by atoms with Gasteiger partial charge < -0.3 is 2.85 Å². The maximum atomic E-state index is 15.4. The molecule has 0 radical (unpaired) electrons. The van der Waals surface area contributed by atoms with Gasteiger partial charge in [-0.3, -0.25) is 0 Å². The Kier molecular flexibility index (Phi) is 9.72. The minimum atomic E-state index is -7.22. The Bertz CT molecular complexity index is 1590. The van der Waals surface area contributed by atoms with Gasteiger partial charge in [-0.15, -0.1) is 21.9 Å². The van der Waals surface area contributed by atoms with Crippen LogP contribution in [-0.2, 0) is 0 Å². The molecule has 0 N–H and O–H groups in total. The Morgan fingerprint density at radius 1 is 0.196 bits per heavy atom. The standard InChI is InChI=1S/C24BF20.Mg.2H/c26-5-1(6(27)14(35)21(42)13(5)34)25(2-7(28)15(36)22(43)16(37)8(2)29,3-9(30)17(38)23(44)18(39)10(3)31)4-11(32)19(40)24(45)20(41)12(4)33;;;/q-1;+2;2*-1. The largest absolute Gasteiger partial charge is 2.00 e. The van der Waals surface area contributed by atoms with Crippen LogP contribution in [0, 0.1) is 116 Å². The molecule has 0 bridgehead atoms. The van der Waals surface area contributed by atoms with Gasteiger partial charge >= 0.3 is 23.1 Å². The molecular formula is C24H2BF20Mg-. The van der Waals surface area contributed by atoms with E-state index in [0.717, 1.165) is 0 Å². The zero-order valence-corrected chi connectivity index (χ0v) is 22.3. The van der Waals surface area contributed by atoms with E-state index in [2.05, 4.69) is 0 Å². The van der Waals surface area contributed by atoms with Crippen LogP contribution in [0.4, 0.5) is 87.8 Å². The van der Waals surface area contributed by atoms with Gasteiger partial charge in [-0.05, 0) is 0 Å². The molecule has 0 aliphatic rings. The van der Waals surface area contributed by atoms with Gasteiger partial charge in [0.2, 0.25) is 0 Å². The maximum absolute atomic E-state index is 15.4. The summed E-state index contributed by atoms with van der Waals surface area (Å²) < 4.78 is 294. The van der Waals surface area contributed by atoms with Crippen LogP contribution in [0.1, 0.15) is 2.85 Å². The molecule has 0 aliphatic heterocycles. The third-order valence-corrected chi connectivity index (χ3v) is 6.71. The second-order valence-electron chi connectivity index (χ2n) is 8.80. The van der Waals surface area contributed by atoms with E-state index >= 15 is 35.1 Å². The van der Waals surface area contributed by atoms with Crippen molar-refractivity contribution >= 4 is 51.0 Å². The van der Waals surface area contributed by atoms with Gasteiger partial charge in [0.25, 0.3) is 0 Å². The fraction of sp³-hybridized carbons (Fsp3) is 0. The second-order valence-corrected chi connectivity index (χ2v) is 8.80. The number of benzene rings is 4. The number of halogens is 20. The molecule has 0 nitrogen and oxygen atoms in total. The van der Waals surface area contributed by atoms with Crippen LogP contribution in [0.3, 0.4) is 0 Å². The average Bonchev–Trinajstić information content (AvgIpc) is 3.00. The van der Waals surface area contributed by atoms with Crippen molar-refractivity contribution in [3.8, 4) is 0 Å². The van der Waals surface area contributed by atoms with E-state index in [1.807, 2.05) is 0 Å². The molecule has 0 saturated heterocycles. The summed E-state index contributed by atoms with van der Waals surface area (Å²) in [5.74, 6) is -71.4. The van der Waals surface area contributed by atoms with Crippen LogP contribution in [0.5, 0.6) is 0 Å². The number of hydrogen-bond acceptors (Lipinski definition) is 0. The molecule has 22 heteroatoms. The van der Waals surface area contributed by atoms with Gasteiger partial charge in [0, 0.05) is 0 Å². The average molecular weight is 705 g/mol. The van der Waals surface area contributed by atoms with Crippen molar-refractivity contribution in [3.05, 3.63) is 116 Å². The molecule has 0 heterocycles. The summed E-state index contributed by atoms with van der Waals surface area (Å²) in [6.45, 7) is 0. The van der Waals surface area contributed by atoms with E-state index in [1.54, 1.807) is 0 Å². The van der Waals surface area contributed by atoms with Crippen LogP contribution in [0.15, 0.2) is 0 Å². The smallest absolute Gasteiger partial charge is 1.00 e. The van der Waals surface area contributed by atoms with E-state index in [9.17, 15) is 52.7 Å². The van der Waals surface area contributed by atoms with Crippen LogP contribution in [-0.4, -0.2) is 29.2 Å². The fourth-order valence-corrected chi connectivity index (χ4v) is 4.87. The Hall–Kier alpha value is -3.69. The second kappa shape index (κ2) is 12.2. The first-order valence-electron chi connectivity index (χ1n) is 10.9. The third-order valence-electron chi connectivity index (χ3n) is 6.71. The molecule has 46 heavy (non-hydrogen) atoms. The fourth-order valence-electron chi connectivity index (χ4n) is 4.87. The molecule has 0 atom stereocenters. The number of hydrogen-bond donors (Lipinski definition) is 0. The summed E-state index contributed by atoms with van der Waals surface area (Å²) in [6.07, 6.45) is -7.22. The zero-order valence-electron chi connectivity index (χ0n) is 22.8. The van der Waals surface area contributed by atoms with Crippen molar-refractivity contribution in [3.63, 3.8) is 0 Å². The van der Waals surface area contributed by atoms with Crippen molar-refractivity contribution in [2.24, 2.45) is 0 Å². The maximum Gasteiger partial charge on any atom is 2.00 e. The summed E-state index contributed by atoms with van der Waals surface area (Å²) in [7, 11) is 0. The van der Waals surface area contributed by atoms with Gasteiger partial charge in [0.1, 0.15) is 52.7 Å². The molecule has 244 valence electrons. The quantitative estimate of drug-likeness (QED) is 0.111. The van der Waals surface area contributed by atoms with Crippen molar-refractivity contribution in [1.29, 1.82) is 0 Å². The van der Waals surface area contributed by atoms with Crippen LogP contribution in [0.25, 0.3) is 0 Å². The van der Waals surface area contributed by atoms with E-state index in [4.69, 9.17) is 0 Å². The molecule has 0 fully saturated rings. The first-order chi connectivity index (χ1) is 20.7. The van der Waals surface area contributed by atoms with Crippen molar-refractivity contribution in [1.82, 2.24) is 0 Å². The SMILES string of the molecule is Fc1c(F)c(F)c([B-](c2c(F)c(F)c(F)c(F)c2F)(c2c(F)c(F)c(F)c(F)c2F)c2c(F)c(F)c(F)c(F)c2F)c(F)c1F.[H-].[H-].[Mg+2]. The van der Waals surface area contributed by atoms with E-state index in [-0.39, 0.29) is 25.9 Å². The molecule has 4 aromatic carbocycles. The van der Waals surface area contributed by atoms with E-state index in [0.29, 0.717) is 0 Å². The molecule has 0 unspecified atom stereocenters. The van der Waals surface area contributed by atoms with Crippen molar-refractivity contribution < 1.29 is 90.7 Å². The van der Waals surface area contributed by atoms with Gasteiger partial charge in [-0.2, -0.15) is 0 Å². The van der Waals surface area contributed by atoms with Crippen LogP contribution >= 0.6 is 0 Å². The topological polar surface area (TPSA) is 0 Å². The molecular weight excluding hydrogens is 703 g/mol. The van der Waals surface area contributed by atoms with Crippen molar-refractivity contribution in [2.45, 2.75) is 0 Å². The van der Waals surface area contributed by atoms with Gasteiger partial charge in [0.05, 0.1) is 0 Å². The van der Waals surface area contributed by atoms with E-state index in [1.165, 1.54) is 0 Å². The van der Waals surface area contributed by atoms with E-state index < -0.39 is 144 Å². The Morgan fingerprint density at radius 3 is 0.391 bits per heavy atom. The minimum Gasteiger partial charge on any atom is -1.00 e. The molecule has 4 aromatic rings. The summed E-state index contributed by atoms with van der Waals surface area (Å²) >= 11 is 0. The summed E-state index contributed by atoms with van der Waals surface area (Å²) in [5.41, 5.74) is -14.3. The molecule has 0 aromatic heterocycles. The first-order valence-corrected chi connectivity index (χ1v) is 10.9. The predicted molar refractivity (Wildman–Crippen MR) is 117 cm³/mol. The Morgan fingerprint density at radius 2 is 0.283 bits per heavy atom. The molecule has 0 amide bonds. The molecule has 4 rings (SSSR count). The predicted octanol–water partition coefficient (Wildman–Crippen LogP) is 5.69. The zero-order chi connectivity index (χ0) is 34.4.